The minimum Gasteiger partial charge on any atom is -0.907 e. The molecular formula is BEuGdO3Y. The second-order valence-electron chi connectivity index (χ2n) is 0.289. The quantitative estimate of drug-likeness (QED) is 0.349. The fourth-order valence-electron chi connectivity index (χ4n) is 0. The normalized spacial score (nSPS) is 3.86. The van der Waals surface area contributed by atoms with Crippen LogP contribution in [0, 0.1) is 89.3 Å². The van der Waals surface area contributed by atoms with Crippen LogP contribution < -0.4 is 15.1 Å². The molecule has 3 nitrogen and oxygen atoms in total. The minimum absolute atomic E-state index is 0. The van der Waals surface area contributed by atoms with Crippen molar-refractivity contribution in [2.24, 2.45) is 0 Å². The van der Waals surface area contributed by atoms with E-state index in [1.807, 2.05) is 0 Å². The summed E-state index contributed by atoms with van der Waals surface area (Å²) in [4.78, 5) is 0. The van der Waals surface area contributed by atoms with Gasteiger partial charge in [-0.1, -0.05) is 0 Å². The Bertz CT molecular complexity index is 19.7. The number of hydrogen-bond acceptors (Lipinski definition) is 3. The van der Waals surface area contributed by atoms with Crippen LogP contribution in [-0.2, 0) is 32.7 Å². The fraction of sp³-hybridized carbons (Fsp3) is 0. The second kappa shape index (κ2) is 16.5. The molecule has 0 amide bonds. The molecule has 7 heteroatoms. The van der Waals surface area contributed by atoms with E-state index in [2.05, 4.69) is 0 Å². The smallest absolute Gasteiger partial charge is 0.907 e. The predicted octanol–water partition coefficient (Wildman–Crippen LogP) is -3.95. The van der Waals surface area contributed by atoms with Crippen LogP contribution in [-0.4, -0.2) is 7.32 Å². The van der Waals surface area contributed by atoms with Crippen LogP contribution >= 0.6 is 0 Å². The van der Waals surface area contributed by atoms with Crippen LogP contribution in [0.15, 0.2) is 0 Å². The molecule has 0 aliphatic heterocycles. The monoisotopic (exact) mass is 459 g/mol. The van der Waals surface area contributed by atoms with Gasteiger partial charge in [-0.2, -0.15) is 0 Å². The first-order chi connectivity index (χ1) is 1.73. The molecule has 0 aromatic carbocycles. The second-order valence-corrected chi connectivity index (χ2v) is 0.289. The predicted molar refractivity (Wildman–Crippen MR) is 5.75 cm³/mol. The van der Waals surface area contributed by atoms with Crippen LogP contribution in [0.1, 0.15) is 0 Å². The summed E-state index contributed by atoms with van der Waals surface area (Å²) < 4.78 is 0. The zero-order valence-electron chi connectivity index (χ0n) is 3.11. The zero-order chi connectivity index (χ0) is 3.58. The van der Waals surface area contributed by atoms with E-state index in [-0.39, 0.29) is 122 Å². The molecule has 0 heterocycles. The third-order valence-corrected chi connectivity index (χ3v) is 0. The van der Waals surface area contributed by atoms with Crippen molar-refractivity contribution >= 4 is 7.32 Å². The van der Waals surface area contributed by atoms with Crippen LogP contribution in [0.4, 0.5) is 0 Å². The van der Waals surface area contributed by atoms with E-state index in [4.69, 9.17) is 15.1 Å². The van der Waals surface area contributed by atoms with Gasteiger partial charge in [0.1, 0.15) is 0 Å². The van der Waals surface area contributed by atoms with Gasteiger partial charge in [-0.15, -0.1) is 0 Å². The summed E-state index contributed by atoms with van der Waals surface area (Å²) in [6, 6.07) is 0. The maximum atomic E-state index is 8.42. The molecule has 0 spiro atoms. The largest absolute Gasteiger partial charge is 3.00 e. The maximum absolute atomic E-state index is 8.42. The molecule has 7 heavy (non-hydrogen) atoms. The van der Waals surface area contributed by atoms with Crippen molar-refractivity contribution in [2.75, 3.05) is 0 Å². The first-order valence-corrected chi connectivity index (χ1v) is 0.707. The van der Waals surface area contributed by atoms with Gasteiger partial charge in [-0.05, 0) is 0 Å². The van der Waals surface area contributed by atoms with Crippen molar-refractivity contribution in [3.63, 3.8) is 0 Å². The Labute approximate surface area is 140 Å². The van der Waals surface area contributed by atoms with Gasteiger partial charge < -0.3 is 15.1 Å². The van der Waals surface area contributed by atoms with Crippen LogP contribution in [0.2, 0.25) is 0 Å². The Balaban J connectivity index is -0.0000000150. The summed E-state index contributed by atoms with van der Waals surface area (Å²) in [5.41, 5.74) is 0. The van der Waals surface area contributed by atoms with Gasteiger partial charge in [-0.3, -0.25) is 7.32 Å². The number of hydrogen-bond donors (Lipinski definition) is 0. The standard InChI is InChI=1S/BO3.Eu.Gd.Y/c2-1(3)4;;;/q-3;+3;;. The summed E-state index contributed by atoms with van der Waals surface area (Å²) in [7, 11) is -2.92. The van der Waals surface area contributed by atoms with Gasteiger partial charge >= 0.3 is 49.4 Å². The van der Waals surface area contributed by atoms with Crippen molar-refractivity contribution in [1.29, 1.82) is 0 Å². The Morgan fingerprint density at radius 2 is 1.00 bits per heavy atom. The zero-order valence-corrected chi connectivity index (χ0v) is 10.6. The molecule has 0 aliphatic rings. The van der Waals surface area contributed by atoms with Gasteiger partial charge in [0.25, 0.3) is 0 Å². The Hall–Kier alpha value is 3.96. The molecule has 0 N–H and O–H groups in total. The van der Waals surface area contributed by atoms with Crippen molar-refractivity contribution in [3.8, 4) is 0 Å². The molecule has 0 saturated heterocycles. The van der Waals surface area contributed by atoms with Gasteiger partial charge in [0, 0.05) is 72.6 Å². The Morgan fingerprint density at radius 3 is 1.00 bits per heavy atom. The van der Waals surface area contributed by atoms with Crippen molar-refractivity contribution < 1.29 is 137 Å². The fourth-order valence-corrected chi connectivity index (χ4v) is 0. The molecule has 0 saturated carbocycles. The summed E-state index contributed by atoms with van der Waals surface area (Å²) in [6.07, 6.45) is 0. The summed E-state index contributed by atoms with van der Waals surface area (Å²) in [5, 5.41) is 25.2. The van der Waals surface area contributed by atoms with Gasteiger partial charge in [0.2, 0.25) is 0 Å². The first kappa shape index (κ1) is 22.4. The molecule has 39 valence electrons. The van der Waals surface area contributed by atoms with E-state index in [1.165, 1.54) is 0 Å². The summed E-state index contributed by atoms with van der Waals surface area (Å²) >= 11 is 0. The third kappa shape index (κ3) is 40.3. The summed E-state index contributed by atoms with van der Waals surface area (Å²) in [5.74, 6) is 0. The van der Waals surface area contributed by atoms with E-state index in [0.29, 0.717) is 0 Å². The van der Waals surface area contributed by atoms with E-state index in [1.54, 1.807) is 0 Å². The van der Waals surface area contributed by atoms with Gasteiger partial charge in [-0.25, -0.2) is 0 Å². The van der Waals surface area contributed by atoms with E-state index >= 15 is 0 Å². The molecule has 0 rings (SSSR count). The molecule has 0 aromatic rings. The van der Waals surface area contributed by atoms with Crippen molar-refractivity contribution in [3.05, 3.63) is 0 Å². The topological polar surface area (TPSA) is 69.2 Å². The molecular weight excluding hydrogens is 457 g/mol. The Morgan fingerprint density at radius 1 is 1.00 bits per heavy atom. The van der Waals surface area contributed by atoms with Gasteiger partial charge in [0.05, 0.1) is 0 Å². The molecule has 0 aliphatic carbocycles. The number of rotatable bonds is 0. The van der Waals surface area contributed by atoms with Gasteiger partial charge in [0.15, 0.2) is 0 Å². The van der Waals surface area contributed by atoms with Crippen LogP contribution in [0.3, 0.4) is 0 Å². The molecule has 1 radical (unpaired) electrons. The molecule has 0 atom stereocenters. The van der Waals surface area contributed by atoms with Crippen molar-refractivity contribution in [2.45, 2.75) is 0 Å². The minimum atomic E-state index is -2.92. The van der Waals surface area contributed by atoms with Crippen LogP contribution in [0.25, 0.3) is 0 Å². The van der Waals surface area contributed by atoms with Crippen LogP contribution in [0.5, 0.6) is 0 Å². The van der Waals surface area contributed by atoms with Crippen molar-refractivity contribution in [1.82, 2.24) is 0 Å². The Kier molecular flexibility index (Phi) is 52.9. The summed E-state index contributed by atoms with van der Waals surface area (Å²) in [6.45, 7) is 0. The molecule has 0 fully saturated rings. The van der Waals surface area contributed by atoms with E-state index in [9.17, 15) is 0 Å². The maximum Gasteiger partial charge on any atom is 3.00 e. The van der Waals surface area contributed by atoms with E-state index < -0.39 is 7.32 Å². The molecule has 0 bridgehead atoms. The third-order valence-electron chi connectivity index (χ3n) is 0. The SMILES string of the molecule is [Eu+3].[Gd].[O-]B([O-])[O-].[Y]. The van der Waals surface area contributed by atoms with E-state index in [0.717, 1.165) is 0 Å². The molecule has 0 unspecified atom stereocenters. The average Bonchev–Trinajstić information content (AvgIpc) is 0.811. The molecule has 0 aromatic heterocycles. The average molecular weight is 457 g/mol. The first-order valence-electron chi connectivity index (χ1n) is 0.707.